The minimum absolute atomic E-state index is 0.0829. The summed E-state index contributed by atoms with van der Waals surface area (Å²) in [6.07, 6.45) is 0.999. The number of aromatic nitrogens is 2. The Hall–Kier alpha value is -2.67. The van der Waals surface area contributed by atoms with Crippen molar-refractivity contribution in [3.05, 3.63) is 53.2 Å². The van der Waals surface area contributed by atoms with Crippen LogP contribution in [0.2, 0.25) is 0 Å². The van der Waals surface area contributed by atoms with Gasteiger partial charge in [0.1, 0.15) is 12.3 Å². The van der Waals surface area contributed by atoms with Gasteiger partial charge in [0.25, 0.3) is 5.91 Å². The highest BCUT2D eigenvalue weighted by Crippen LogP contribution is 2.22. The largest absolute Gasteiger partial charge is 0.481 e. The summed E-state index contributed by atoms with van der Waals surface area (Å²) in [5.41, 5.74) is 1.24. The van der Waals surface area contributed by atoms with Gasteiger partial charge in [-0.15, -0.1) is 11.3 Å². The van der Waals surface area contributed by atoms with Crippen molar-refractivity contribution in [1.82, 2.24) is 15.0 Å². The Labute approximate surface area is 169 Å². The van der Waals surface area contributed by atoms with E-state index in [9.17, 15) is 4.79 Å². The first-order valence-corrected chi connectivity index (χ1v) is 10.4. The van der Waals surface area contributed by atoms with E-state index in [0.29, 0.717) is 30.4 Å². The van der Waals surface area contributed by atoms with Gasteiger partial charge < -0.3 is 14.2 Å². The minimum Gasteiger partial charge on any atom is -0.481 e. The van der Waals surface area contributed by atoms with Crippen LogP contribution in [0.1, 0.15) is 38.6 Å². The van der Waals surface area contributed by atoms with Gasteiger partial charge >= 0.3 is 0 Å². The van der Waals surface area contributed by atoms with E-state index in [-0.39, 0.29) is 12.5 Å². The number of ether oxygens (including phenoxy) is 1. The average Bonchev–Trinajstić information content (AvgIpc) is 3.42. The normalized spacial score (nSPS) is 12.0. The Morgan fingerprint density at radius 1 is 1.21 bits per heavy atom. The Kier molecular flexibility index (Phi) is 6.81. The fourth-order valence-electron chi connectivity index (χ4n) is 2.81. The molecule has 0 aliphatic rings. The van der Waals surface area contributed by atoms with Crippen LogP contribution in [-0.4, -0.2) is 33.6 Å². The van der Waals surface area contributed by atoms with Gasteiger partial charge in [0, 0.05) is 6.54 Å². The molecule has 0 aliphatic heterocycles. The second kappa shape index (κ2) is 9.50. The van der Waals surface area contributed by atoms with Gasteiger partial charge in [0.15, 0.2) is 6.10 Å². The summed E-state index contributed by atoms with van der Waals surface area (Å²) in [4.78, 5) is 20.0. The maximum absolute atomic E-state index is 13.0. The fourth-order valence-corrected chi connectivity index (χ4v) is 3.46. The maximum atomic E-state index is 13.0. The molecule has 1 atom stereocenters. The second-order valence-electron chi connectivity index (χ2n) is 6.35. The highest BCUT2D eigenvalue weighted by Gasteiger charge is 2.25. The summed E-state index contributed by atoms with van der Waals surface area (Å²) in [5, 5.41) is 5.97. The van der Waals surface area contributed by atoms with Crippen molar-refractivity contribution in [3.8, 4) is 16.5 Å². The van der Waals surface area contributed by atoms with E-state index < -0.39 is 6.10 Å². The zero-order valence-corrected chi connectivity index (χ0v) is 17.2. The van der Waals surface area contributed by atoms with Crippen LogP contribution in [0.25, 0.3) is 10.7 Å². The lowest BCUT2D eigenvalue weighted by Crippen LogP contribution is -2.41. The van der Waals surface area contributed by atoms with Gasteiger partial charge in [-0.25, -0.2) is 0 Å². The lowest BCUT2D eigenvalue weighted by atomic mass is 10.1. The molecule has 0 radical (unpaired) electrons. The number of hydrogen-bond donors (Lipinski definition) is 0. The predicted octanol–water partition coefficient (Wildman–Crippen LogP) is 4.57. The van der Waals surface area contributed by atoms with Crippen LogP contribution in [0.3, 0.4) is 0 Å². The summed E-state index contributed by atoms with van der Waals surface area (Å²) in [5.74, 6) is 1.58. The quantitative estimate of drug-likeness (QED) is 0.527. The molecule has 28 heavy (non-hydrogen) atoms. The van der Waals surface area contributed by atoms with E-state index in [4.69, 9.17) is 9.26 Å². The Morgan fingerprint density at radius 2 is 2.00 bits per heavy atom. The molecule has 1 amide bonds. The number of carbonyl (C=O) groups is 1. The zero-order chi connectivity index (χ0) is 19.9. The first-order valence-electron chi connectivity index (χ1n) is 9.55. The first-order chi connectivity index (χ1) is 13.6. The van der Waals surface area contributed by atoms with Crippen molar-refractivity contribution in [3.63, 3.8) is 0 Å². The van der Waals surface area contributed by atoms with Crippen LogP contribution in [0.4, 0.5) is 0 Å². The van der Waals surface area contributed by atoms with Crippen molar-refractivity contribution in [1.29, 1.82) is 0 Å². The molecule has 3 rings (SSSR count). The SMILES string of the molecule is CCc1ccc(OC(CC)C(=O)N(CC)Cc2nc(-c3cccs3)no2)cc1. The van der Waals surface area contributed by atoms with Crippen molar-refractivity contribution in [2.75, 3.05) is 6.54 Å². The van der Waals surface area contributed by atoms with Gasteiger partial charge in [0.05, 0.1) is 4.88 Å². The van der Waals surface area contributed by atoms with Crippen LogP contribution in [-0.2, 0) is 17.8 Å². The van der Waals surface area contributed by atoms with E-state index >= 15 is 0 Å². The van der Waals surface area contributed by atoms with Crippen molar-refractivity contribution in [2.24, 2.45) is 0 Å². The van der Waals surface area contributed by atoms with Crippen LogP contribution >= 0.6 is 11.3 Å². The topological polar surface area (TPSA) is 68.5 Å². The summed E-state index contributed by atoms with van der Waals surface area (Å²) >= 11 is 1.55. The number of rotatable bonds is 9. The molecule has 0 bridgehead atoms. The summed E-state index contributed by atoms with van der Waals surface area (Å²) in [6.45, 7) is 6.77. The van der Waals surface area contributed by atoms with E-state index in [0.717, 1.165) is 11.3 Å². The van der Waals surface area contributed by atoms with E-state index in [2.05, 4.69) is 17.1 Å². The van der Waals surface area contributed by atoms with Gasteiger partial charge in [-0.3, -0.25) is 4.79 Å². The fraction of sp³-hybridized carbons (Fsp3) is 0.381. The number of hydrogen-bond acceptors (Lipinski definition) is 6. The van der Waals surface area contributed by atoms with Crippen molar-refractivity contribution >= 4 is 17.2 Å². The van der Waals surface area contributed by atoms with Crippen LogP contribution in [0, 0.1) is 0 Å². The lowest BCUT2D eigenvalue weighted by molar-refractivity contribution is -0.139. The first kappa shape index (κ1) is 20.1. The molecule has 0 spiro atoms. The number of aryl methyl sites for hydroxylation is 1. The lowest BCUT2D eigenvalue weighted by Gasteiger charge is -2.25. The van der Waals surface area contributed by atoms with Crippen molar-refractivity contribution < 1.29 is 14.1 Å². The molecule has 148 valence electrons. The van der Waals surface area contributed by atoms with Crippen molar-refractivity contribution in [2.45, 2.75) is 46.3 Å². The highest BCUT2D eigenvalue weighted by atomic mass is 32.1. The van der Waals surface area contributed by atoms with Crippen LogP contribution < -0.4 is 4.74 Å². The Morgan fingerprint density at radius 3 is 2.61 bits per heavy atom. The van der Waals surface area contributed by atoms with E-state index in [1.54, 1.807) is 16.2 Å². The molecule has 0 saturated heterocycles. The summed E-state index contributed by atoms with van der Waals surface area (Å²) in [6, 6.07) is 11.7. The van der Waals surface area contributed by atoms with Gasteiger partial charge in [0.2, 0.25) is 11.7 Å². The third kappa shape index (κ3) is 4.78. The number of benzene rings is 1. The second-order valence-corrected chi connectivity index (χ2v) is 7.30. The molecule has 1 aromatic carbocycles. The highest BCUT2D eigenvalue weighted by molar-refractivity contribution is 7.13. The van der Waals surface area contributed by atoms with Crippen LogP contribution in [0.15, 0.2) is 46.3 Å². The number of thiophene rings is 1. The van der Waals surface area contributed by atoms with E-state index in [1.807, 2.05) is 55.6 Å². The number of amides is 1. The molecule has 0 aliphatic carbocycles. The Bertz CT molecular complexity index is 875. The third-order valence-electron chi connectivity index (χ3n) is 4.49. The smallest absolute Gasteiger partial charge is 0.264 e. The standard InChI is InChI=1S/C21H25N3O3S/c1-4-15-9-11-16(12-10-15)26-17(5-2)21(25)24(6-3)14-19-22-20(23-27-19)18-8-7-13-28-18/h7-13,17H,4-6,14H2,1-3H3. The molecule has 2 heterocycles. The third-order valence-corrected chi connectivity index (χ3v) is 5.35. The molecule has 1 unspecified atom stereocenters. The zero-order valence-electron chi connectivity index (χ0n) is 16.4. The molecule has 0 N–H and O–H groups in total. The van der Waals surface area contributed by atoms with Crippen LogP contribution in [0.5, 0.6) is 5.75 Å². The monoisotopic (exact) mass is 399 g/mol. The molecule has 2 aromatic heterocycles. The van der Waals surface area contributed by atoms with Gasteiger partial charge in [-0.2, -0.15) is 4.98 Å². The molecule has 3 aromatic rings. The molecule has 7 heteroatoms. The van der Waals surface area contributed by atoms with Gasteiger partial charge in [-0.1, -0.05) is 37.2 Å². The number of carbonyl (C=O) groups excluding carboxylic acids is 1. The maximum Gasteiger partial charge on any atom is 0.264 e. The van der Waals surface area contributed by atoms with Gasteiger partial charge in [-0.05, 0) is 48.9 Å². The average molecular weight is 400 g/mol. The number of likely N-dealkylation sites (N-methyl/N-ethyl adjacent to an activating group) is 1. The Balaban J connectivity index is 1.66. The predicted molar refractivity (Wildman–Crippen MR) is 109 cm³/mol. The molecular formula is C21H25N3O3S. The molecule has 0 fully saturated rings. The molecular weight excluding hydrogens is 374 g/mol. The van der Waals surface area contributed by atoms with E-state index in [1.165, 1.54) is 5.56 Å². The minimum atomic E-state index is -0.549. The molecule has 0 saturated carbocycles. The summed E-state index contributed by atoms with van der Waals surface area (Å²) < 4.78 is 11.3. The number of nitrogens with zero attached hydrogens (tertiary/aromatic N) is 3. The summed E-state index contributed by atoms with van der Waals surface area (Å²) in [7, 11) is 0. The molecule has 6 nitrogen and oxygen atoms in total.